The standard InChI is InChI=1S/C14H14N2O2/c1-2-9-18-12-5-3-11(4-6-12)14(17)13-7-8-15-10-16-13/h3-8,10H,2,9H2,1H3. The first-order valence-corrected chi connectivity index (χ1v) is 5.85. The highest BCUT2D eigenvalue weighted by molar-refractivity contribution is 6.07. The summed E-state index contributed by atoms with van der Waals surface area (Å²) in [6.07, 6.45) is 3.88. The first-order valence-electron chi connectivity index (χ1n) is 5.85. The fourth-order valence-electron chi connectivity index (χ4n) is 1.50. The van der Waals surface area contributed by atoms with Crippen LogP contribution >= 0.6 is 0 Å². The predicted molar refractivity (Wildman–Crippen MR) is 67.7 cm³/mol. The van der Waals surface area contributed by atoms with E-state index in [2.05, 4.69) is 9.97 Å². The number of benzene rings is 1. The van der Waals surface area contributed by atoms with Gasteiger partial charge in [0, 0.05) is 11.8 Å². The Kier molecular flexibility index (Phi) is 4.02. The molecule has 0 aliphatic carbocycles. The third-order valence-corrected chi connectivity index (χ3v) is 2.40. The van der Waals surface area contributed by atoms with Gasteiger partial charge in [0.1, 0.15) is 17.8 Å². The van der Waals surface area contributed by atoms with E-state index in [-0.39, 0.29) is 5.78 Å². The molecule has 0 saturated heterocycles. The molecule has 2 aromatic rings. The van der Waals surface area contributed by atoms with E-state index in [1.165, 1.54) is 6.33 Å². The summed E-state index contributed by atoms with van der Waals surface area (Å²) in [6.45, 7) is 2.73. The average Bonchev–Trinajstić information content (AvgIpc) is 2.46. The minimum atomic E-state index is -0.112. The molecule has 0 unspecified atom stereocenters. The zero-order chi connectivity index (χ0) is 12.8. The second-order valence-electron chi connectivity index (χ2n) is 3.80. The summed E-state index contributed by atoms with van der Waals surface area (Å²) in [7, 11) is 0. The van der Waals surface area contributed by atoms with Crippen LogP contribution in [-0.4, -0.2) is 22.4 Å². The van der Waals surface area contributed by atoms with Gasteiger partial charge in [-0.3, -0.25) is 4.79 Å². The van der Waals surface area contributed by atoms with Gasteiger partial charge in [-0.2, -0.15) is 0 Å². The van der Waals surface area contributed by atoms with Crippen molar-refractivity contribution in [1.29, 1.82) is 0 Å². The molecule has 0 saturated carbocycles. The maximum absolute atomic E-state index is 12.0. The Morgan fingerprint density at radius 2 is 2.00 bits per heavy atom. The number of ketones is 1. The SMILES string of the molecule is CCCOc1ccc(C(=O)c2ccncn2)cc1. The van der Waals surface area contributed by atoms with Crippen LogP contribution in [-0.2, 0) is 0 Å². The number of hydrogen-bond acceptors (Lipinski definition) is 4. The van der Waals surface area contributed by atoms with E-state index in [9.17, 15) is 4.79 Å². The van der Waals surface area contributed by atoms with Gasteiger partial charge in [-0.1, -0.05) is 6.92 Å². The predicted octanol–water partition coefficient (Wildman–Crippen LogP) is 2.50. The Morgan fingerprint density at radius 1 is 1.22 bits per heavy atom. The molecule has 1 heterocycles. The second-order valence-corrected chi connectivity index (χ2v) is 3.80. The maximum atomic E-state index is 12.0. The summed E-state index contributed by atoms with van der Waals surface area (Å²) in [6, 6.07) is 8.68. The van der Waals surface area contributed by atoms with Crippen molar-refractivity contribution in [2.45, 2.75) is 13.3 Å². The minimum Gasteiger partial charge on any atom is -0.494 e. The van der Waals surface area contributed by atoms with E-state index in [1.54, 1.807) is 36.5 Å². The first-order chi connectivity index (χ1) is 8.81. The molecule has 1 aromatic heterocycles. The molecule has 18 heavy (non-hydrogen) atoms. The Balaban J connectivity index is 2.12. The van der Waals surface area contributed by atoms with E-state index in [1.807, 2.05) is 6.92 Å². The lowest BCUT2D eigenvalue weighted by atomic mass is 10.1. The Bertz CT molecular complexity index is 509. The normalized spacial score (nSPS) is 10.1. The summed E-state index contributed by atoms with van der Waals surface area (Å²) in [4.78, 5) is 19.8. The highest BCUT2D eigenvalue weighted by Gasteiger charge is 2.09. The molecule has 0 fully saturated rings. The van der Waals surface area contributed by atoms with Gasteiger partial charge in [0.05, 0.1) is 6.61 Å². The molecular weight excluding hydrogens is 228 g/mol. The lowest BCUT2D eigenvalue weighted by Gasteiger charge is -2.05. The number of carbonyl (C=O) groups is 1. The monoisotopic (exact) mass is 242 g/mol. The minimum absolute atomic E-state index is 0.112. The molecule has 2 rings (SSSR count). The number of carbonyl (C=O) groups excluding carboxylic acids is 1. The number of rotatable bonds is 5. The Hall–Kier alpha value is -2.23. The van der Waals surface area contributed by atoms with Crippen molar-refractivity contribution >= 4 is 5.78 Å². The molecule has 0 spiro atoms. The molecule has 0 aliphatic heterocycles. The van der Waals surface area contributed by atoms with Crippen molar-refractivity contribution in [2.24, 2.45) is 0 Å². The summed E-state index contributed by atoms with van der Waals surface area (Å²) >= 11 is 0. The highest BCUT2D eigenvalue weighted by Crippen LogP contribution is 2.14. The van der Waals surface area contributed by atoms with Gasteiger partial charge in [0.25, 0.3) is 0 Å². The topological polar surface area (TPSA) is 52.1 Å². The van der Waals surface area contributed by atoms with Crippen LogP contribution in [0.15, 0.2) is 42.9 Å². The van der Waals surface area contributed by atoms with Crippen LogP contribution in [0.4, 0.5) is 0 Å². The van der Waals surface area contributed by atoms with Crippen LogP contribution in [0.5, 0.6) is 5.75 Å². The third kappa shape index (κ3) is 2.91. The molecule has 1 aromatic carbocycles. The van der Waals surface area contributed by atoms with Gasteiger partial charge in [-0.15, -0.1) is 0 Å². The first kappa shape index (κ1) is 12.2. The van der Waals surface area contributed by atoms with Crippen LogP contribution in [0.2, 0.25) is 0 Å². The zero-order valence-corrected chi connectivity index (χ0v) is 10.2. The summed E-state index contributed by atoms with van der Waals surface area (Å²) < 4.78 is 5.46. The van der Waals surface area contributed by atoms with Gasteiger partial charge < -0.3 is 4.74 Å². The van der Waals surface area contributed by atoms with Gasteiger partial charge in [0.15, 0.2) is 0 Å². The lowest BCUT2D eigenvalue weighted by Crippen LogP contribution is -2.04. The van der Waals surface area contributed by atoms with Gasteiger partial charge in [-0.25, -0.2) is 9.97 Å². The van der Waals surface area contributed by atoms with Gasteiger partial charge in [-0.05, 0) is 36.8 Å². The summed E-state index contributed by atoms with van der Waals surface area (Å²) in [5.41, 5.74) is 0.991. The van der Waals surface area contributed by atoms with Gasteiger partial charge >= 0.3 is 0 Å². The third-order valence-electron chi connectivity index (χ3n) is 2.40. The smallest absolute Gasteiger partial charge is 0.211 e. The molecule has 0 atom stereocenters. The van der Waals surface area contributed by atoms with Crippen LogP contribution in [0.25, 0.3) is 0 Å². The quantitative estimate of drug-likeness (QED) is 0.756. The van der Waals surface area contributed by atoms with E-state index >= 15 is 0 Å². The summed E-state index contributed by atoms with van der Waals surface area (Å²) in [5, 5.41) is 0. The molecular formula is C14H14N2O2. The van der Waals surface area contributed by atoms with Crippen molar-refractivity contribution < 1.29 is 9.53 Å². The van der Waals surface area contributed by atoms with Gasteiger partial charge in [0.2, 0.25) is 5.78 Å². The Labute approximate surface area is 106 Å². The van der Waals surface area contributed by atoms with Crippen LogP contribution in [0, 0.1) is 0 Å². The Morgan fingerprint density at radius 3 is 2.61 bits per heavy atom. The molecule has 0 N–H and O–H groups in total. The molecule has 0 bridgehead atoms. The lowest BCUT2D eigenvalue weighted by molar-refractivity contribution is 0.103. The zero-order valence-electron chi connectivity index (χ0n) is 10.2. The second kappa shape index (κ2) is 5.91. The summed E-state index contributed by atoms with van der Waals surface area (Å²) in [5.74, 6) is 0.663. The van der Waals surface area contributed by atoms with Crippen molar-refractivity contribution in [3.05, 3.63) is 54.1 Å². The van der Waals surface area contributed by atoms with Crippen LogP contribution < -0.4 is 4.74 Å². The largest absolute Gasteiger partial charge is 0.494 e. The van der Waals surface area contributed by atoms with E-state index < -0.39 is 0 Å². The molecule has 92 valence electrons. The number of ether oxygens (including phenoxy) is 1. The average molecular weight is 242 g/mol. The highest BCUT2D eigenvalue weighted by atomic mass is 16.5. The van der Waals surface area contributed by atoms with E-state index in [4.69, 9.17) is 4.74 Å². The maximum Gasteiger partial charge on any atom is 0.211 e. The van der Waals surface area contributed by atoms with Crippen LogP contribution in [0.1, 0.15) is 29.4 Å². The molecule has 4 heteroatoms. The molecule has 0 radical (unpaired) electrons. The van der Waals surface area contributed by atoms with Crippen molar-refractivity contribution in [3.63, 3.8) is 0 Å². The van der Waals surface area contributed by atoms with Crippen molar-refractivity contribution in [3.8, 4) is 5.75 Å². The van der Waals surface area contributed by atoms with Crippen molar-refractivity contribution in [1.82, 2.24) is 9.97 Å². The van der Waals surface area contributed by atoms with Crippen molar-refractivity contribution in [2.75, 3.05) is 6.61 Å². The number of hydrogen-bond donors (Lipinski definition) is 0. The van der Waals surface area contributed by atoms with E-state index in [0.717, 1.165) is 12.2 Å². The number of aromatic nitrogens is 2. The molecule has 0 aliphatic rings. The van der Waals surface area contributed by atoms with E-state index in [0.29, 0.717) is 17.9 Å². The van der Waals surface area contributed by atoms with Crippen LogP contribution in [0.3, 0.4) is 0 Å². The fraction of sp³-hybridized carbons (Fsp3) is 0.214. The molecule has 0 amide bonds. The molecule has 4 nitrogen and oxygen atoms in total. The number of nitrogens with zero attached hydrogens (tertiary/aromatic N) is 2. The fourth-order valence-corrected chi connectivity index (χ4v) is 1.50.